The van der Waals surface area contributed by atoms with Gasteiger partial charge in [-0.05, 0) is 23.3 Å². The first-order chi connectivity index (χ1) is 12.0. The molecule has 0 aliphatic heterocycles. The van der Waals surface area contributed by atoms with Crippen molar-refractivity contribution in [2.24, 2.45) is 0 Å². The van der Waals surface area contributed by atoms with Gasteiger partial charge in [-0.15, -0.1) is 23.2 Å². The van der Waals surface area contributed by atoms with Crippen LogP contribution in [0, 0.1) is 0 Å². The lowest BCUT2D eigenvalue weighted by Gasteiger charge is -2.20. The normalized spacial score (nSPS) is 22.2. The zero-order valence-electron chi connectivity index (χ0n) is 13.3. The van der Waals surface area contributed by atoms with Crippen LogP contribution in [0.4, 0.5) is 22.0 Å². The molecule has 0 bridgehead atoms. The van der Waals surface area contributed by atoms with Gasteiger partial charge in [0.1, 0.15) is 10.1 Å². The minimum Gasteiger partial charge on any atom is -0.497 e. The van der Waals surface area contributed by atoms with Crippen LogP contribution in [0.15, 0.2) is 48.5 Å². The molecule has 1 saturated carbocycles. The summed E-state index contributed by atoms with van der Waals surface area (Å²) >= 11 is 12.6. The molecular formula is C18H13Cl2F5O. The minimum absolute atomic E-state index is 0.300. The van der Waals surface area contributed by atoms with Crippen LogP contribution < -0.4 is 4.74 Å². The molecule has 8 heteroatoms. The highest BCUT2D eigenvalue weighted by Crippen LogP contribution is 2.70. The SMILES string of the molecule is COc1ccc([C@@H]2[C@@H](c3ccc(C(F)(F)C(F)(F)F)cc3)C2(Cl)Cl)cc1. The number of methoxy groups -OCH3 is 1. The van der Waals surface area contributed by atoms with E-state index < -0.39 is 27.9 Å². The highest BCUT2D eigenvalue weighted by atomic mass is 35.5. The Bertz CT molecular complexity index is 785. The van der Waals surface area contributed by atoms with Crippen LogP contribution in [0.2, 0.25) is 0 Å². The maximum atomic E-state index is 13.4. The van der Waals surface area contributed by atoms with Gasteiger partial charge in [-0.1, -0.05) is 36.4 Å². The van der Waals surface area contributed by atoms with Gasteiger partial charge < -0.3 is 4.74 Å². The molecule has 1 nitrogen and oxygen atoms in total. The Morgan fingerprint density at radius 1 is 0.808 bits per heavy atom. The number of benzene rings is 2. The molecular weight excluding hydrogens is 398 g/mol. The molecule has 0 aromatic heterocycles. The average Bonchev–Trinajstić information content (AvgIpc) is 3.16. The summed E-state index contributed by atoms with van der Waals surface area (Å²) in [5.41, 5.74) is 0.202. The lowest BCUT2D eigenvalue weighted by molar-refractivity contribution is -0.289. The van der Waals surface area contributed by atoms with Crippen molar-refractivity contribution in [3.05, 3.63) is 65.2 Å². The Labute approximate surface area is 156 Å². The third-order valence-electron chi connectivity index (χ3n) is 4.52. The van der Waals surface area contributed by atoms with E-state index in [1.807, 2.05) is 0 Å². The van der Waals surface area contributed by atoms with Crippen LogP contribution in [0.25, 0.3) is 0 Å². The van der Waals surface area contributed by atoms with Crippen LogP contribution in [-0.4, -0.2) is 17.6 Å². The van der Waals surface area contributed by atoms with Crippen molar-refractivity contribution in [1.82, 2.24) is 0 Å². The van der Waals surface area contributed by atoms with E-state index in [2.05, 4.69) is 0 Å². The van der Waals surface area contributed by atoms with E-state index in [-0.39, 0.29) is 5.92 Å². The van der Waals surface area contributed by atoms with Crippen LogP contribution >= 0.6 is 23.2 Å². The molecule has 0 spiro atoms. The van der Waals surface area contributed by atoms with Crippen molar-refractivity contribution in [2.75, 3.05) is 7.11 Å². The van der Waals surface area contributed by atoms with Gasteiger partial charge >= 0.3 is 12.1 Å². The number of hydrogen-bond acceptors (Lipinski definition) is 1. The van der Waals surface area contributed by atoms with E-state index in [0.29, 0.717) is 11.3 Å². The summed E-state index contributed by atoms with van der Waals surface area (Å²) in [6.07, 6.45) is -5.65. The fourth-order valence-electron chi connectivity index (χ4n) is 3.03. The standard InChI is InChI=1S/C18H13Cl2F5O/c1-26-13-8-4-11(5-9-13)15-14(16(15,19)20)10-2-6-12(7-3-10)17(21,22)18(23,24)25/h2-9,14-15H,1H3/t14-,15-/m1/s1. The molecule has 1 fully saturated rings. The number of ether oxygens (including phenoxy) is 1. The highest BCUT2D eigenvalue weighted by Gasteiger charge is 2.64. The Hall–Kier alpha value is -1.53. The first kappa shape index (κ1) is 19.2. The molecule has 0 amide bonds. The van der Waals surface area contributed by atoms with Gasteiger partial charge in [-0.2, -0.15) is 22.0 Å². The van der Waals surface area contributed by atoms with Crippen LogP contribution in [0.5, 0.6) is 5.75 Å². The van der Waals surface area contributed by atoms with E-state index in [0.717, 1.165) is 17.7 Å². The van der Waals surface area contributed by atoms with Crippen LogP contribution in [0.3, 0.4) is 0 Å². The van der Waals surface area contributed by atoms with E-state index in [9.17, 15) is 22.0 Å². The Morgan fingerprint density at radius 2 is 1.23 bits per heavy atom. The molecule has 0 saturated heterocycles. The van der Waals surface area contributed by atoms with Crippen molar-refractivity contribution in [1.29, 1.82) is 0 Å². The van der Waals surface area contributed by atoms with Gasteiger partial charge in [-0.25, -0.2) is 0 Å². The van der Waals surface area contributed by atoms with E-state index >= 15 is 0 Å². The maximum absolute atomic E-state index is 13.4. The van der Waals surface area contributed by atoms with Gasteiger partial charge in [-0.3, -0.25) is 0 Å². The first-order valence-electron chi connectivity index (χ1n) is 7.57. The van der Waals surface area contributed by atoms with Crippen LogP contribution in [0.1, 0.15) is 28.5 Å². The second kappa shape index (κ2) is 6.27. The summed E-state index contributed by atoms with van der Waals surface area (Å²) in [7, 11) is 1.53. The lowest BCUT2D eigenvalue weighted by Crippen LogP contribution is -2.33. The Morgan fingerprint density at radius 3 is 1.62 bits per heavy atom. The molecule has 0 N–H and O–H groups in total. The number of hydrogen-bond donors (Lipinski definition) is 0. The molecule has 0 heterocycles. The molecule has 26 heavy (non-hydrogen) atoms. The van der Waals surface area contributed by atoms with E-state index in [4.69, 9.17) is 27.9 Å². The molecule has 0 unspecified atom stereocenters. The van der Waals surface area contributed by atoms with Crippen molar-refractivity contribution in [3.8, 4) is 5.75 Å². The van der Waals surface area contributed by atoms with Crippen molar-refractivity contribution >= 4 is 23.2 Å². The Balaban J connectivity index is 1.85. The minimum atomic E-state index is -5.65. The summed E-state index contributed by atoms with van der Waals surface area (Å²) in [5, 5.41) is 0. The summed E-state index contributed by atoms with van der Waals surface area (Å²) in [6.45, 7) is 0. The second-order valence-corrected chi connectivity index (χ2v) is 7.54. The van der Waals surface area contributed by atoms with Gasteiger partial charge in [0.25, 0.3) is 0 Å². The average molecular weight is 411 g/mol. The quantitative estimate of drug-likeness (QED) is 0.418. The third kappa shape index (κ3) is 3.14. The molecule has 3 rings (SSSR count). The van der Waals surface area contributed by atoms with Crippen LogP contribution in [-0.2, 0) is 5.92 Å². The molecule has 2 aromatic rings. The van der Waals surface area contributed by atoms with Crippen molar-refractivity contribution < 1.29 is 26.7 Å². The Kier molecular flexibility index (Phi) is 4.64. The molecule has 2 atom stereocenters. The van der Waals surface area contributed by atoms with Crippen molar-refractivity contribution in [2.45, 2.75) is 28.3 Å². The zero-order chi connectivity index (χ0) is 19.3. The number of rotatable bonds is 4. The summed E-state index contributed by atoms with van der Waals surface area (Å²) in [5.74, 6) is -4.97. The summed E-state index contributed by atoms with van der Waals surface area (Å²) < 4.78 is 68.1. The van der Waals surface area contributed by atoms with E-state index in [1.165, 1.54) is 19.2 Å². The monoisotopic (exact) mass is 410 g/mol. The molecule has 140 valence electrons. The zero-order valence-corrected chi connectivity index (χ0v) is 14.8. The van der Waals surface area contributed by atoms with Gasteiger partial charge in [0, 0.05) is 17.4 Å². The lowest BCUT2D eigenvalue weighted by atomic mass is 10.0. The summed E-state index contributed by atoms with van der Waals surface area (Å²) in [4.78, 5) is 0. The fourth-order valence-corrected chi connectivity index (χ4v) is 3.91. The first-order valence-corrected chi connectivity index (χ1v) is 8.32. The second-order valence-electron chi connectivity index (χ2n) is 6.10. The summed E-state index contributed by atoms with van der Waals surface area (Å²) in [6, 6.07) is 11.0. The predicted molar refractivity (Wildman–Crippen MR) is 89.3 cm³/mol. The molecule has 0 radical (unpaired) electrons. The predicted octanol–water partition coefficient (Wildman–Crippen LogP) is 6.40. The van der Waals surface area contributed by atoms with Gasteiger partial charge in [0.05, 0.1) is 7.11 Å². The maximum Gasteiger partial charge on any atom is 0.458 e. The fraction of sp³-hybridized carbons (Fsp3) is 0.333. The molecule has 1 aliphatic rings. The number of halogens is 7. The van der Waals surface area contributed by atoms with Gasteiger partial charge in [0.2, 0.25) is 0 Å². The van der Waals surface area contributed by atoms with E-state index in [1.54, 1.807) is 24.3 Å². The number of alkyl halides is 7. The van der Waals surface area contributed by atoms with Crippen molar-refractivity contribution in [3.63, 3.8) is 0 Å². The molecule has 1 aliphatic carbocycles. The smallest absolute Gasteiger partial charge is 0.458 e. The highest BCUT2D eigenvalue weighted by molar-refractivity contribution is 6.52. The molecule has 2 aromatic carbocycles. The topological polar surface area (TPSA) is 9.23 Å². The third-order valence-corrected chi connectivity index (χ3v) is 5.46. The largest absolute Gasteiger partial charge is 0.497 e. The van der Waals surface area contributed by atoms with Gasteiger partial charge in [0.15, 0.2) is 0 Å².